The van der Waals surface area contributed by atoms with Gasteiger partial charge in [0.05, 0.1) is 6.61 Å². The van der Waals surface area contributed by atoms with E-state index in [0.717, 1.165) is 29.8 Å². The summed E-state index contributed by atoms with van der Waals surface area (Å²) in [6.45, 7) is 5.17. The van der Waals surface area contributed by atoms with Gasteiger partial charge in [-0.3, -0.25) is 4.79 Å². The molecule has 0 spiro atoms. The number of ether oxygens (including phenoxy) is 2. The molecule has 0 aromatic carbocycles. The van der Waals surface area contributed by atoms with Crippen LogP contribution in [0.15, 0.2) is 11.6 Å². The molecule has 1 aromatic heterocycles. The van der Waals surface area contributed by atoms with E-state index in [-0.39, 0.29) is 11.4 Å². The van der Waals surface area contributed by atoms with Crippen LogP contribution in [0, 0.1) is 25.2 Å². The summed E-state index contributed by atoms with van der Waals surface area (Å²) in [6, 6.07) is 3.81. The molecule has 1 saturated carbocycles. The van der Waals surface area contributed by atoms with E-state index in [1.165, 1.54) is 6.08 Å². The molecule has 25 heavy (non-hydrogen) atoms. The summed E-state index contributed by atoms with van der Waals surface area (Å²) in [4.78, 5) is 24.1. The molecule has 0 unspecified atom stereocenters. The van der Waals surface area contributed by atoms with Crippen molar-refractivity contribution < 1.29 is 19.1 Å². The molecule has 0 amide bonds. The molecule has 0 aliphatic heterocycles. The minimum atomic E-state index is -0.732. The Morgan fingerprint density at radius 3 is 2.84 bits per heavy atom. The number of nitriles is 1. The normalized spacial score (nSPS) is 18.1. The van der Waals surface area contributed by atoms with Gasteiger partial charge in [0.2, 0.25) is 0 Å². The predicted molar refractivity (Wildman–Crippen MR) is 92.7 cm³/mol. The second-order valence-corrected chi connectivity index (χ2v) is 6.25. The lowest BCUT2D eigenvalue weighted by Gasteiger charge is -2.20. The molecule has 6 heteroatoms. The second kappa shape index (κ2) is 8.63. The van der Waals surface area contributed by atoms with Crippen LogP contribution < -0.4 is 0 Å². The average Bonchev–Trinajstić information content (AvgIpc) is 2.86. The van der Waals surface area contributed by atoms with E-state index >= 15 is 0 Å². The van der Waals surface area contributed by atoms with Crippen molar-refractivity contribution >= 4 is 17.8 Å². The number of aromatic nitrogens is 1. The summed E-state index contributed by atoms with van der Waals surface area (Å²) in [5.41, 5.74) is 2.67. The zero-order chi connectivity index (χ0) is 18.4. The lowest BCUT2D eigenvalue weighted by Crippen LogP contribution is -2.30. The van der Waals surface area contributed by atoms with Crippen LogP contribution >= 0.6 is 0 Å². The number of nitrogens with zero attached hydrogens (tertiary/aromatic N) is 2. The maximum Gasteiger partial charge on any atom is 0.349 e. The molecule has 0 saturated heterocycles. The van der Waals surface area contributed by atoms with Crippen LogP contribution in [0.2, 0.25) is 0 Å². The van der Waals surface area contributed by atoms with E-state index in [4.69, 9.17) is 9.47 Å². The number of Topliss-reactive ketones (excluding diaryl/α,β-unsaturated/α-hetero) is 1. The summed E-state index contributed by atoms with van der Waals surface area (Å²) in [7, 11) is 1.64. The van der Waals surface area contributed by atoms with Gasteiger partial charge < -0.3 is 14.0 Å². The molecule has 0 N–H and O–H groups in total. The van der Waals surface area contributed by atoms with Gasteiger partial charge in [0.15, 0.2) is 11.9 Å². The average molecular weight is 344 g/mol. The fourth-order valence-corrected chi connectivity index (χ4v) is 3.06. The molecule has 6 nitrogen and oxygen atoms in total. The lowest BCUT2D eigenvalue weighted by atomic mass is 9.96. The maximum absolute atomic E-state index is 12.3. The molecule has 134 valence electrons. The Kier molecular flexibility index (Phi) is 6.54. The smallest absolute Gasteiger partial charge is 0.349 e. The monoisotopic (exact) mass is 344 g/mol. The first-order valence-electron chi connectivity index (χ1n) is 8.49. The minimum Gasteiger partial charge on any atom is -0.450 e. The van der Waals surface area contributed by atoms with Crippen molar-refractivity contribution in [1.29, 1.82) is 5.26 Å². The van der Waals surface area contributed by atoms with Crippen LogP contribution in [0.3, 0.4) is 0 Å². The highest BCUT2D eigenvalue weighted by Crippen LogP contribution is 2.21. The van der Waals surface area contributed by atoms with Crippen LogP contribution in [0.4, 0.5) is 0 Å². The third-order valence-corrected chi connectivity index (χ3v) is 4.52. The Bertz CT molecular complexity index is 725. The van der Waals surface area contributed by atoms with E-state index in [2.05, 4.69) is 4.57 Å². The fourth-order valence-electron chi connectivity index (χ4n) is 3.06. The van der Waals surface area contributed by atoms with E-state index in [9.17, 15) is 14.9 Å². The molecule has 1 atom stereocenters. The van der Waals surface area contributed by atoms with E-state index < -0.39 is 12.1 Å². The summed E-state index contributed by atoms with van der Waals surface area (Å²) >= 11 is 0. The first-order chi connectivity index (χ1) is 12.0. The SMILES string of the molecule is COCCn1c(C)cc(/C=C(\C#N)C(=O)O[C@@H]2CCCCC2=O)c1C. The Morgan fingerprint density at radius 2 is 2.20 bits per heavy atom. The van der Waals surface area contributed by atoms with Crippen molar-refractivity contribution in [1.82, 2.24) is 4.57 Å². The van der Waals surface area contributed by atoms with Gasteiger partial charge in [-0.25, -0.2) is 4.79 Å². The van der Waals surface area contributed by atoms with E-state index in [1.54, 1.807) is 7.11 Å². The fraction of sp³-hybridized carbons (Fsp3) is 0.526. The number of carbonyl (C=O) groups is 2. The van der Waals surface area contributed by atoms with Crippen LogP contribution in [0.1, 0.15) is 42.6 Å². The van der Waals surface area contributed by atoms with Gasteiger partial charge in [0, 0.05) is 31.5 Å². The third kappa shape index (κ3) is 4.58. The van der Waals surface area contributed by atoms with Crippen LogP contribution in [0.5, 0.6) is 0 Å². The first-order valence-corrected chi connectivity index (χ1v) is 8.49. The maximum atomic E-state index is 12.3. The van der Waals surface area contributed by atoms with Crippen molar-refractivity contribution in [3.05, 3.63) is 28.6 Å². The summed E-state index contributed by atoms with van der Waals surface area (Å²) < 4.78 is 12.4. The number of methoxy groups -OCH3 is 1. The zero-order valence-corrected chi connectivity index (χ0v) is 15.0. The quantitative estimate of drug-likeness (QED) is 0.450. The molecule has 0 bridgehead atoms. The number of esters is 1. The molecule has 2 rings (SSSR count). The standard InChI is InChI=1S/C19H24N2O4/c1-13-10-15(14(2)21(13)8-9-24-3)11-16(12-20)19(23)25-18-7-5-4-6-17(18)22/h10-11,18H,4-9H2,1-3H3/b16-11+/t18-/m1/s1. The molecular formula is C19H24N2O4. The van der Waals surface area contributed by atoms with E-state index in [1.807, 2.05) is 26.0 Å². The highest BCUT2D eigenvalue weighted by Gasteiger charge is 2.27. The lowest BCUT2D eigenvalue weighted by molar-refractivity contribution is -0.152. The zero-order valence-electron chi connectivity index (χ0n) is 15.0. The van der Waals surface area contributed by atoms with Crippen molar-refractivity contribution in [3.63, 3.8) is 0 Å². The number of hydrogen-bond acceptors (Lipinski definition) is 5. The topological polar surface area (TPSA) is 81.3 Å². The van der Waals surface area contributed by atoms with Crippen molar-refractivity contribution in [2.24, 2.45) is 0 Å². The molecular weight excluding hydrogens is 320 g/mol. The highest BCUT2D eigenvalue weighted by molar-refractivity contribution is 5.99. The first kappa shape index (κ1) is 18.9. The number of rotatable bonds is 6. The van der Waals surface area contributed by atoms with Crippen LogP contribution in [0.25, 0.3) is 6.08 Å². The number of ketones is 1. The number of aryl methyl sites for hydroxylation is 1. The molecule has 0 radical (unpaired) electrons. The van der Waals surface area contributed by atoms with Gasteiger partial charge in [0.1, 0.15) is 11.6 Å². The largest absolute Gasteiger partial charge is 0.450 e. The summed E-state index contributed by atoms with van der Waals surface area (Å²) in [5, 5.41) is 9.33. The minimum absolute atomic E-state index is 0.0605. The highest BCUT2D eigenvalue weighted by atomic mass is 16.5. The second-order valence-electron chi connectivity index (χ2n) is 6.25. The van der Waals surface area contributed by atoms with Crippen molar-refractivity contribution in [2.75, 3.05) is 13.7 Å². The van der Waals surface area contributed by atoms with Gasteiger partial charge in [0.25, 0.3) is 0 Å². The van der Waals surface area contributed by atoms with Crippen LogP contribution in [-0.2, 0) is 25.6 Å². The Morgan fingerprint density at radius 1 is 1.44 bits per heavy atom. The van der Waals surface area contributed by atoms with Crippen molar-refractivity contribution in [3.8, 4) is 6.07 Å². The Hall–Kier alpha value is -2.39. The Balaban J connectivity index is 2.18. The summed E-state index contributed by atoms with van der Waals surface area (Å²) in [6.07, 6.45) is 3.48. The van der Waals surface area contributed by atoms with Crippen LogP contribution in [-0.4, -0.2) is 36.1 Å². The van der Waals surface area contributed by atoms with E-state index in [0.29, 0.717) is 26.0 Å². The number of hydrogen-bond donors (Lipinski definition) is 0. The molecule has 1 heterocycles. The predicted octanol–water partition coefficient (Wildman–Crippen LogP) is 2.71. The Labute approximate surface area is 148 Å². The molecule has 1 aromatic rings. The van der Waals surface area contributed by atoms with Gasteiger partial charge in [-0.1, -0.05) is 0 Å². The molecule has 1 aliphatic rings. The van der Waals surface area contributed by atoms with Gasteiger partial charge in [-0.15, -0.1) is 0 Å². The van der Waals surface area contributed by atoms with Gasteiger partial charge in [-0.2, -0.15) is 5.26 Å². The van der Waals surface area contributed by atoms with Gasteiger partial charge >= 0.3 is 5.97 Å². The third-order valence-electron chi connectivity index (χ3n) is 4.52. The molecule has 1 fully saturated rings. The summed E-state index contributed by atoms with van der Waals surface area (Å²) in [5.74, 6) is -0.793. The van der Waals surface area contributed by atoms with Gasteiger partial charge in [-0.05, 0) is 50.8 Å². The van der Waals surface area contributed by atoms with Crippen molar-refractivity contribution in [2.45, 2.75) is 52.2 Å². The number of carbonyl (C=O) groups excluding carboxylic acids is 2. The molecule has 1 aliphatic carbocycles.